The maximum absolute atomic E-state index is 11.8. The first-order valence-corrected chi connectivity index (χ1v) is 10.7. The van der Waals surface area contributed by atoms with Crippen molar-refractivity contribution in [2.75, 3.05) is 34.4 Å². The minimum absolute atomic E-state index is 0.0829. The Morgan fingerprint density at radius 1 is 1.12 bits per heavy atom. The van der Waals surface area contributed by atoms with E-state index in [4.69, 9.17) is 14.5 Å². The van der Waals surface area contributed by atoms with Crippen LogP contribution in [0.1, 0.15) is 34.0 Å². The van der Waals surface area contributed by atoms with Crippen LogP contribution >= 0.6 is 0 Å². The van der Waals surface area contributed by atoms with Gasteiger partial charge in [0.1, 0.15) is 0 Å². The number of allylic oxidation sites excluding steroid dienone is 1. The molecule has 0 atom stereocenters. The molecule has 0 aliphatic carbocycles. The number of ether oxygens (including phenoxy) is 2. The summed E-state index contributed by atoms with van der Waals surface area (Å²) in [5, 5.41) is 9.28. The van der Waals surface area contributed by atoms with Crippen molar-refractivity contribution in [2.45, 2.75) is 26.3 Å². The average molecular weight is 439 g/mol. The summed E-state index contributed by atoms with van der Waals surface area (Å²) in [7, 11) is 4.90. The molecule has 1 amide bonds. The molecule has 32 heavy (non-hydrogen) atoms. The van der Waals surface area contributed by atoms with E-state index in [0.29, 0.717) is 30.8 Å². The maximum atomic E-state index is 11.8. The highest BCUT2D eigenvalue weighted by molar-refractivity contribution is 5.94. The summed E-state index contributed by atoms with van der Waals surface area (Å²) in [4.78, 5) is 16.5. The highest BCUT2D eigenvalue weighted by atomic mass is 16.5. The third-order valence-corrected chi connectivity index (χ3v) is 4.87. The Labute approximate surface area is 190 Å². The third kappa shape index (κ3) is 7.04. The summed E-state index contributed by atoms with van der Waals surface area (Å²) in [6, 6.07) is 11.7. The van der Waals surface area contributed by atoms with Crippen LogP contribution in [0.4, 0.5) is 0 Å². The number of hydrogen-bond acceptors (Lipinski definition) is 4. The van der Waals surface area contributed by atoms with Crippen LogP contribution in [0.25, 0.3) is 0 Å². The topological polar surface area (TPSA) is 84.0 Å². The molecule has 2 aromatic carbocycles. The fourth-order valence-electron chi connectivity index (χ4n) is 3.35. The van der Waals surface area contributed by atoms with E-state index in [2.05, 4.69) is 28.6 Å². The second kappa shape index (κ2) is 13.0. The van der Waals surface area contributed by atoms with E-state index < -0.39 is 0 Å². The molecule has 0 unspecified atom stereocenters. The highest BCUT2D eigenvalue weighted by Gasteiger charge is 2.12. The Kier molecular flexibility index (Phi) is 10.1. The smallest absolute Gasteiger partial charge is 0.251 e. The van der Waals surface area contributed by atoms with Crippen LogP contribution in [0, 0.1) is 0 Å². The largest absolute Gasteiger partial charge is 0.493 e. The monoisotopic (exact) mass is 438 g/mol. The molecule has 0 spiro atoms. The van der Waals surface area contributed by atoms with Crippen molar-refractivity contribution in [3.63, 3.8) is 0 Å². The van der Waals surface area contributed by atoms with Gasteiger partial charge in [0, 0.05) is 31.3 Å². The highest BCUT2D eigenvalue weighted by Crippen LogP contribution is 2.33. The first-order chi connectivity index (χ1) is 15.6. The Morgan fingerprint density at radius 3 is 2.59 bits per heavy atom. The minimum atomic E-state index is -0.0829. The lowest BCUT2D eigenvalue weighted by Crippen LogP contribution is -2.38. The van der Waals surface area contributed by atoms with Gasteiger partial charge >= 0.3 is 0 Å². The Balaban J connectivity index is 2.08. The molecule has 0 aromatic heterocycles. The molecule has 172 valence electrons. The number of benzene rings is 2. The first kappa shape index (κ1) is 24.8. The average Bonchev–Trinajstić information content (AvgIpc) is 2.82. The van der Waals surface area contributed by atoms with Gasteiger partial charge in [-0.3, -0.25) is 4.79 Å². The number of rotatable bonds is 11. The summed E-state index contributed by atoms with van der Waals surface area (Å²) in [6.45, 7) is 7.80. The molecular formula is C25H34N4O3. The molecule has 7 nitrogen and oxygen atoms in total. The number of hydrogen-bond donors (Lipinski definition) is 3. The van der Waals surface area contributed by atoms with Crippen LogP contribution < -0.4 is 25.4 Å². The lowest BCUT2D eigenvalue weighted by Gasteiger charge is -2.15. The summed E-state index contributed by atoms with van der Waals surface area (Å²) in [5.74, 6) is 2.06. The van der Waals surface area contributed by atoms with Crippen molar-refractivity contribution >= 4 is 11.9 Å². The van der Waals surface area contributed by atoms with Crippen LogP contribution in [0.3, 0.4) is 0 Å². The number of methoxy groups -OCH3 is 2. The van der Waals surface area contributed by atoms with E-state index in [-0.39, 0.29) is 5.91 Å². The summed E-state index contributed by atoms with van der Waals surface area (Å²) < 4.78 is 11.0. The molecule has 0 saturated carbocycles. The van der Waals surface area contributed by atoms with Crippen LogP contribution in [-0.4, -0.2) is 46.2 Å². The van der Waals surface area contributed by atoms with E-state index in [1.807, 2.05) is 43.3 Å². The molecular weight excluding hydrogens is 404 g/mol. The van der Waals surface area contributed by atoms with Crippen molar-refractivity contribution in [3.05, 3.63) is 71.3 Å². The van der Waals surface area contributed by atoms with Crippen molar-refractivity contribution in [2.24, 2.45) is 4.99 Å². The van der Waals surface area contributed by atoms with Gasteiger partial charge in [-0.2, -0.15) is 0 Å². The molecule has 2 aromatic rings. The van der Waals surface area contributed by atoms with Crippen LogP contribution in [0.5, 0.6) is 11.5 Å². The second-order valence-electron chi connectivity index (χ2n) is 7.13. The number of guanidine groups is 1. The van der Waals surface area contributed by atoms with E-state index >= 15 is 0 Å². The molecule has 0 heterocycles. The molecule has 0 radical (unpaired) electrons. The predicted octanol–water partition coefficient (Wildman–Crippen LogP) is 3.09. The maximum Gasteiger partial charge on any atom is 0.251 e. The lowest BCUT2D eigenvalue weighted by molar-refractivity contribution is 0.0963. The Bertz CT molecular complexity index is 941. The Hall–Kier alpha value is -3.48. The molecule has 0 fully saturated rings. The predicted molar refractivity (Wildman–Crippen MR) is 130 cm³/mol. The van der Waals surface area contributed by atoms with Gasteiger partial charge in [0.2, 0.25) is 0 Å². The van der Waals surface area contributed by atoms with Crippen LogP contribution in [-0.2, 0) is 19.4 Å². The van der Waals surface area contributed by atoms with E-state index in [1.54, 1.807) is 21.3 Å². The summed E-state index contributed by atoms with van der Waals surface area (Å²) in [5.41, 5.74) is 3.79. The molecule has 0 bridgehead atoms. The van der Waals surface area contributed by atoms with Crippen LogP contribution in [0.15, 0.2) is 54.0 Å². The molecule has 7 heteroatoms. The van der Waals surface area contributed by atoms with E-state index in [1.165, 1.54) is 0 Å². The number of nitrogens with zero attached hydrogens (tertiary/aromatic N) is 1. The number of aliphatic imine (C=N–C) groups is 1. The van der Waals surface area contributed by atoms with Crippen molar-refractivity contribution in [1.82, 2.24) is 16.0 Å². The number of amides is 1. The van der Waals surface area contributed by atoms with Gasteiger partial charge in [-0.15, -0.1) is 6.58 Å². The fraction of sp³-hybridized carbons (Fsp3) is 0.360. The number of nitrogens with one attached hydrogen (secondary N) is 3. The van der Waals surface area contributed by atoms with E-state index in [9.17, 15) is 4.79 Å². The second-order valence-corrected chi connectivity index (χ2v) is 7.13. The third-order valence-electron chi connectivity index (χ3n) is 4.87. The molecule has 0 aliphatic heterocycles. The van der Waals surface area contributed by atoms with Gasteiger partial charge in [-0.25, -0.2) is 4.99 Å². The van der Waals surface area contributed by atoms with Gasteiger partial charge in [0.05, 0.1) is 20.8 Å². The zero-order valence-corrected chi connectivity index (χ0v) is 19.5. The molecule has 0 aliphatic rings. The van der Waals surface area contributed by atoms with Gasteiger partial charge in [0.15, 0.2) is 17.5 Å². The van der Waals surface area contributed by atoms with Crippen molar-refractivity contribution in [3.8, 4) is 11.5 Å². The van der Waals surface area contributed by atoms with Gasteiger partial charge < -0.3 is 25.4 Å². The normalized spacial score (nSPS) is 10.9. The van der Waals surface area contributed by atoms with Crippen molar-refractivity contribution < 1.29 is 14.3 Å². The molecule has 2 rings (SSSR count). The number of carbonyl (C=O) groups is 1. The minimum Gasteiger partial charge on any atom is -0.493 e. The van der Waals surface area contributed by atoms with Gasteiger partial charge in [-0.05, 0) is 55.2 Å². The van der Waals surface area contributed by atoms with Crippen molar-refractivity contribution in [1.29, 1.82) is 0 Å². The van der Waals surface area contributed by atoms with E-state index in [0.717, 1.165) is 41.4 Å². The Morgan fingerprint density at radius 2 is 1.94 bits per heavy atom. The zero-order valence-electron chi connectivity index (χ0n) is 19.5. The quantitative estimate of drug-likeness (QED) is 0.285. The van der Waals surface area contributed by atoms with Gasteiger partial charge in [-0.1, -0.05) is 18.2 Å². The summed E-state index contributed by atoms with van der Waals surface area (Å²) >= 11 is 0. The first-order valence-electron chi connectivity index (χ1n) is 10.7. The molecule has 3 N–H and O–H groups in total. The zero-order chi connectivity index (χ0) is 23.3. The standard InChI is InChI=1S/C25H34N4O3/c1-6-9-20-15-19(16-22(31-4)23(20)32-5)17-29-25(27-7-2)28-13-12-18-10-8-11-21(14-18)24(30)26-3/h6,8,10-11,14-16H,1,7,9,12-13,17H2,2-5H3,(H,26,30)(H2,27,28,29). The van der Waals surface area contributed by atoms with Crippen LogP contribution in [0.2, 0.25) is 0 Å². The van der Waals surface area contributed by atoms with Gasteiger partial charge in [0.25, 0.3) is 5.91 Å². The summed E-state index contributed by atoms with van der Waals surface area (Å²) in [6.07, 6.45) is 3.30. The fourth-order valence-corrected chi connectivity index (χ4v) is 3.35. The lowest BCUT2D eigenvalue weighted by atomic mass is 10.1. The SMILES string of the molecule is C=CCc1cc(CN=C(NCC)NCCc2cccc(C(=O)NC)c2)cc(OC)c1OC. The number of carbonyl (C=O) groups excluding carboxylic acids is 1. The molecule has 0 saturated heterocycles.